The normalized spacial score (nSPS) is 18.2. The third-order valence-corrected chi connectivity index (χ3v) is 4.26. The van der Waals surface area contributed by atoms with Crippen molar-refractivity contribution in [1.29, 1.82) is 0 Å². The maximum absolute atomic E-state index is 6.01. The van der Waals surface area contributed by atoms with Crippen molar-refractivity contribution in [1.82, 2.24) is 9.80 Å². The molecule has 1 saturated heterocycles. The smallest absolute Gasteiger partial charge is 0.0595 e. The van der Waals surface area contributed by atoms with Crippen molar-refractivity contribution in [3.8, 4) is 0 Å². The molecule has 4 heteroatoms. The first-order valence-electron chi connectivity index (χ1n) is 6.50. The molecule has 0 bridgehead atoms. The summed E-state index contributed by atoms with van der Waals surface area (Å²) in [6.45, 7) is 5.93. The second-order valence-corrected chi connectivity index (χ2v) is 5.81. The van der Waals surface area contributed by atoms with Gasteiger partial charge in [-0.1, -0.05) is 29.3 Å². The minimum atomic E-state index is 0.638. The van der Waals surface area contributed by atoms with Gasteiger partial charge in [0.15, 0.2) is 0 Å². The van der Waals surface area contributed by atoms with Crippen molar-refractivity contribution in [2.45, 2.75) is 12.8 Å². The molecule has 0 radical (unpaired) electrons. The molecule has 2 rings (SSSR count). The largest absolute Gasteiger partial charge is 0.304 e. The number of aryl methyl sites for hydroxylation is 1. The van der Waals surface area contributed by atoms with Crippen LogP contribution in [0.3, 0.4) is 0 Å². The lowest BCUT2D eigenvalue weighted by Gasteiger charge is -2.32. The van der Waals surface area contributed by atoms with Crippen LogP contribution in [0.5, 0.6) is 0 Å². The van der Waals surface area contributed by atoms with Crippen LogP contribution in [0.1, 0.15) is 12.0 Å². The molecule has 0 unspecified atom stereocenters. The van der Waals surface area contributed by atoms with Gasteiger partial charge in [0, 0.05) is 26.2 Å². The molecular weight excluding hydrogens is 267 g/mol. The molecule has 1 fully saturated rings. The third-order valence-electron chi connectivity index (χ3n) is 3.52. The summed E-state index contributed by atoms with van der Waals surface area (Å²) in [6.07, 6.45) is 2.25. The van der Waals surface area contributed by atoms with E-state index in [9.17, 15) is 0 Å². The summed E-state index contributed by atoms with van der Waals surface area (Å²) in [5, 5.41) is 1.30. The predicted molar refractivity (Wildman–Crippen MR) is 78.7 cm³/mol. The van der Waals surface area contributed by atoms with Crippen molar-refractivity contribution < 1.29 is 0 Å². The van der Waals surface area contributed by atoms with Crippen LogP contribution in [0.4, 0.5) is 0 Å². The zero-order valence-corrected chi connectivity index (χ0v) is 12.3. The van der Waals surface area contributed by atoms with Crippen LogP contribution in [-0.4, -0.2) is 49.6 Å². The quantitative estimate of drug-likeness (QED) is 0.839. The fourth-order valence-corrected chi connectivity index (χ4v) is 2.59. The summed E-state index contributed by atoms with van der Waals surface area (Å²) in [5.74, 6) is 0. The highest BCUT2D eigenvalue weighted by atomic mass is 35.5. The Kier molecular flexibility index (Phi) is 5.31. The topological polar surface area (TPSA) is 6.48 Å². The fraction of sp³-hybridized carbons (Fsp3) is 0.571. The Labute approximate surface area is 119 Å². The summed E-state index contributed by atoms with van der Waals surface area (Å²) in [4.78, 5) is 4.92. The average molecular weight is 287 g/mol. The number of rotatable bonds is 4. The monoisotopic (exact) mass is 286 g/mol. The van der Waals surface area contributed by atoms with Gasteiger partial charge in [-0.05, 0) is 44.1 Å². The van der Waals surface area contributed by atoms with Gasteiger partial charge in [-0.3, -0.25) is 0 Å². The lowest BCUT2D eigenvalue weighted by atomic mass is 10.1. The Morgan fingerprint density at radius 1 is 1.06 bits per heavy atom. The molecule has 0 aromatic heterocycles. The van der Waals surface area contributed by atoms with Gasteiger partial charge in [0.2, 0.25) is 0 Å². The SMILES string of the molecule is CN1CCN(CCCc2ccc(Cl)c(Cl)c2)CC1. The average Bonchev–Trinajstić information content (AvgIpc) is 2.36. The van der Waals surface area contributed by atoms with E-state index in [2.05, 4.69) is 22.9 Å². The van der Waals surface area contributed by atoms with E-state index in [0.29, 0.717) is 10.0 Å². The summed E-state index contributed by atoms with van der Waals surface area (Å²) in [7, 11) is 2.19. The second-order valence-electron chi connectivity index (χ2n) is 5.00. The fourth-order valence-electron chi connectivity index (χ4n) is 2.27. The standard InChI is InChI=1S/C14H20Cl2N2/c1-17-7-9-18(10-8-17)6-2-3-12-4-5-13(15)14(16)11-12/h4-5,11H,2-3,6-10H2,1H3. The first-order chi connectivity index (χ1) is 8.65. The van der Waals surface area contributed by atoms with Gasteiger partial charge >= 0.3 is 0 Å². The molecule has 0 aliphatic carbocycles. The highest BCUT2D eigenvalue weighted by molar-refractivity contribution is 6.42. The molecule has 1 aliphatic rings. The van der Waals surface area contributed by atoms with Gasteiger partial charge < -0.3 is 9.80 Å². The molecule has 1 heterocycles. The van der Waals surface area contributed by atoms with Crippen LogP contribution < -0.4 is 0 Å². The molecular formula is C14H20Cl2N2. The zero-order valence-electron chi connectivity index (χ0n) is 10.8. The molecule has 2 nitrogen and oxygen atoms in total. The molecule has 0 spiro atoms. The van der Waals surface area contributed by atoms with E-state index in [-0.39, 0.29) is 0 Å². The number of hydrogen-bond acceptors (Lipinski definition) is 2. The first-order valence-corrected chi connectivity index (χ1v) is 7.25. The van der Waals surface area contributed by atoms with E-state index in [1.807, 2.05) is 12.1 Å². The Hall–Kier alpha value is -0.280. The van der Waals surface area contributed by atoms with Crippen molar-refractivity contribution in [3.63, 3.8) is 0 Å². The molecule has 1 aliphatic heterocycles. The van der Waals surface area contributed by atoms with E-state index < -0.39 is 0 Å². The molecule has 0 amide bonds. The third kappa shape index (κ3) is 4.13. The van der Waals surface area contributed by atoms with Crippen LogP contribution in [-0.2, 0) is 6.42 Å². The highest BCUT2D eigenvalue weighted by Crippen LogP contribution is 2.23. The lowest BCUT2D eigenvalue weighted by Crippen LogP contribution is -2.44. The van der Waals surface area contributed by atoms with Crippen LogP contribution in [0.2, 0.25) is 10.0 Å². The van der Waals surface area contributed by atoms with E-state index >= 15 is 0 Å². The van der Waals surface area contributed by atoms with E-state index in [1.165, 1.54) is 44.7 Å². The summed E-state index contributed by atoms with van der Waals surface area (Å²) >= 11 is 11.9. The van der Waals surface area contributed by atoms with Crippen LogP contribution in [0.15, 0.2) is 18.2 Å². The minimum Gasteiger partial charge on any atom is -0.304 e. The number of benzene rings is 1. The summed E-state index contributed by atoms with van der Waals surface area (Å²) in [6, 6.07) is 5.93. The maximum atomic E-state index is 6.01. The summed E-state index contributed by atoms with van der Waals surface area (Å²) < 4.78 is 0. The molecule has 0 saturated carbocycles. The van der Waals surface area contributed by atoms with Crippen LogP contribution >= 0.6 is 23.2 Å². The van der Waals surface area contributed by atoms with Gasteiger partial charge in [0.05, 0.1) is 10.0 Å². The highest BCUT2D eigenvalue weighted by Gasteiger charge is 2.12. The van der Waals surface area contributed by atoms with Crippen molar-refractivity contribution in [2.75, 3.05) is 39.8 Å². The van der Waals surface area contributed by atoms with E-state index in [0.717, 1.165) is 6.42 Å². The van der Waals surface area contributed by atoms with Crippen molar-refractivity contribution >= 4 is 23.2 Å². The predicted octanol–water partition coefficient (Wildman–Crippen LogP) is 3.17. The Balaban J connectivity index is 1.73. The van der Waals surface area contributed by atoms with Crippen molar-refractivity contribution in [3.05, 3.63) is 33.8 Å². The van der Waals surface area contributed by atoms with Gasteiger partial charge in [-0.25, -0.2) is 0 Å². The number of hydrogen-bond donors (Lipinski definition) is 0. The molecule has 0 N–H and O–H groups in total. The second kappa shape index (κ2) is 6.76. The number of likely N-dealkylation sites (N-methyl/N-ethyl adjacent to an activating group) is 1. The molecule has 0 atom stereocenters. The minimum absolute atomic E-state index is 0.638. The number of piperazine rings is 1. The number of nitrogens with zero attached hydrogens (tertiary/aromatic N) is 2. The Bertz CT molecular complexity index is 387. The van der Waals surface area contributed by atoms with Crippen LogP contribution in [0, 0.1) is 0 Å². The van der Waals surface area contributed by atoms with Gasteiger partial charge in [0.1, 0.15) is 0 Å². The molecule has 100 valence electrons. The lowest BCUT2D eigenvalue weighted by molar-refractivity contribution is 0.153. The van der Waals surface area contributed by atoms with E-state index in [1.54, 1.807) is 0 Å². The van der Waals surface area contributed by atoms with Crippen molar-refractivity contribution in [2.24, 2.45) is 0 Å². The van der Waals surface area contributed by atoms with E-state index in [4.69, 9.17) is 23.2 Å². The Morgan fingerprint density at radius 2 is 1.78 bits per heavy atom. The summed E-state index contributed by atoms with van der Waals surface area (Å²) in [5.41, 5.74) is 1.28. The zero-order chi connectivity index (χ0) is 13.0. The molecule has 1 aromatic rings. The van der Waals surface area contributed by atoms with Gasteiger partial charge in [-0.2, -0.15) is 0 Å². The van der Waals surface area contributed by atoms with Crippen LogP contribution in [0.25, 0.3) is 0 Å². The maximum Gasteiger partial charge on any atom is 0.0595 e. The van der Waals surface area contributed by atoms with Gasteiger partial charge in [0.25, 0.3) is 0 Å². The molecule has 18 heavy (non-hydrogen) atoms. The first kappa shape index (κ1) is 14.1. The van der Waals surface area contributed by atoms with Gasteiger partial charge in [-0.15, -0.1) is 0 Å². The molecule has 1 aromatic carbocycles. The number of halogens is 2. The Morgan fingerprint density at radius 3 is 2.44 bits per heavy atom.